The van der Waals surface area contributed by atoms with E-state index in [-0.39, 0.29) is 4.90 Å². The molecule has 0 fully saturated rings. The summed E-state index contributed by atoms with van der Waals surface area (Å²) < 4.78 is 29.2. The van der Waals surface area contributed by atoms with E-state index in [1.807, 2.05) is 79.7 Å². The van der Waals surface area contributed by atoms with Gasteiger partial charge in [-0.1, -0.05) is 84.4 Å². The zero-order chi connectivity index (χ0) is 25.5. The van der Waals surface area contributed by atoms with Crippen molar-refractivity contribution in [1.82, 2.24) is 9.19 Å². The summed E-state index contributed by atoms with van der Waals surface area (Å²) in [5.41, 5.74) is 3.87. The summed E-state index contributed by atoms with van der Waals surface area (Å²) in [6.07, 6.45) is 4.67. The highest BCUT2D eigenvalue weighted by Gasteiger charge is 2.40. The first-order valence-electron chi connectivity index (χ1n) is 12.0. The number of para-hydroxylation sites is 1. The second kappa shape index (κ2) is 9.18. The minimum absolute atomic E-state index is 0.214. The molecule has 0 aliphatic heterocycles. The van der Waals surface area contributed by atoms with E-state index in [0.717, 1.165) is 27.3 Å². The van der Waals surface area contributed by atoms with Crippen LogP contribution in [0.2, 0.25) is 0 Å². The van der Waals surface area contributed by atoms with Crippen LogP contribution in [0, 0.1) is 6.92 Å². The maximum absolute atomic E-state index is 14.0. The van der Waals surface area contributed by atoms with Gasteiger partial charge in [0, 0.05) is 22.5 Å². The summed E-state index contributed by atoms with van der Waals surface area (Å²) in [7, 11) is -3.93. The second-order valence-electron chi connectivity index (χ2n) is 9.19. The van der Waals surface area contributed by atoms with Crippen LogP contribution in [-0.4, -0.2) is 17.6 Å². The van der Waals surface area contributed by atoms with E-state index in [4.69, 9.17) is 0 Å². The summed E-state index contributed by atoms with van der Waals surface area (Å²) >= 11 is 1.67. The fraction of sp³-hybridized carbons (Fsp3) is 0.100. The van der Waals surface area contributed by atoms with Crippen molar-refractivity contribution in [2.45, 2.75) is 23.7 Å². The number of hydrogen-bond donors (Lipinski definition) is 1. The van der Waals surface area contributed by atoms with Crippen LogP contribution in [0.5, 0.6) is 0 Å². The number of aryl methyl sites for hydroxylation is 1. The summed E-state index contributed by atoms with van der Waals surface area (Å²) in [6.45, 7) is 1.94. The molecule has 0 radical (unpaired) electrons. The van der Waals surface area contributed by atoms with E-state index in [0.29, 0.717) is 17.9 Å². The molecule has 6 rings (SSSR count). The average molecular weight is 524 g/mol. The van der Waals surface area contributed by atoms with Crippen molar-refractivity contribution in [1.29, 1.82) is 0 Å². The van der Waals surface area contributed by atoms with Gasteiger partial charge in [-0.2, -0.15) is 12.5 Å². The van der Waals surface area contributed by atoms with Crippen LogP contribution in [0.4, 0.5) is 11.5 Å². The van der Waals surface area contributed by atoms with E-state index < -0.39 is 15.4 Å². The third-order valence-electron chi connectivity index (χ3n) is 6.80. The largest absolute Gasteiger partial charge is 0.338 e. The lowest BCUT2D eigenvalue weighted by molar-refractivity contribution is 0.567. The van der Waals surface area contributed by atoms with E-state index >= 15 is 0 Å². The number of aromatic nitrogens is 2. The van der Waals surface area contributed by atoms with Crippen molar-refractivity contribution >= 4 is 38.9 Å². The van der Waals surface area contributed by atoms with E-state index in [2.05, 4.69) is 40.1 Å². The summed E-state index contributed by atoms with van der Waals surface area (Å²) in [5, 5.41) is 10.1. The molecule has 7 heteroatoms. The normalized spacial score (nSPS) is 16.9. The molecule has 1 unspecified atom stereocenters. The second-order valence-corrected chi connectivity index (χ2v) is 11.9. The Hall–Kier alpha value is -3.94. The average Bonchev–Trinajstić information content (AvgIpc) is 3.59. The monoisotopic (exact) mass is 523 g/mol. The molecule has 3 aromatic carbocycles. The summed E-state index contributed by atoms with van der Waals surface area (Å²) in [6, 6.07) is 31.0. The third kappa shape index (κ3) is 4.10. The lowest BCUT2D eigenvalue weighted by Crippen LogP contribution is -2.32. The van der Waals surface area contributed by atoms with Crippen LogP contribution in [0.1, 0.15) is 27.3 Å². The number of allylic oxidation sites excluding steroid dienone is 1. The van der Waals surface area contributed by atoms with Crippen molar-refractivity contribution in [3.63, 3.8) is 0 Å². The quantitative estimate of drug-likeness (QED) is 0.266. The smallest absolute Gasteiger partial charge is 0.283 e. The van der Waals surface area contributed by atoms with Gasteiger partial charge in [0.15, 0.2) is 5.82 Å². The Morgan fingerprint density at radius 3 is 2.27 bits per heavy atom. The third-order valence-corrected chi connectivity index (χ3v) is 9.47. The zero-order valence-corrected chi connectivity index (χ0v) is 21.8. The van der Waals surface area contributed by atoms with Gasteiger partial charge in [-0.25, -0.2) is 0 Å². The molecule has 2 heterocycles. The summed E-state index contributed by atoms with van der Waals surface area (Å²) in [5.74, 6) is 0.515. The van der Waals surface area contributed by atoms with E-state index in [1.165, 1.54) is 4.09 Å². The lowest BCUT2D eigenvalue weighted by Gasteiger charge is -2.33. The predicted molar refractivity (Wildman–Crippen MR) is 150 cm³/mol. The molecule has 0 amide bonds. The molecule has 0 bridgehead atoms. The number of hydrogen-bond acceptors (Lipinski definition) is 5. The minimum atomic E-state index is -3.93. The molecular weight excluding hydrogens is 498 g/mol. The van der Waals surface area contributed by atoms with Crippen LogP contribution in [0.25, 0.3) is 6.08 Å². The van der Waals surface area contributed by atoms with Crippen LogP contribution in [-0.2, 0) is 21.9 Å². The number of benzene rings is 3. The Labute approximate surface area is 220 Å². The molecule has 1 aliphatic carbocycles. The van der Waals surface area contributed by atoms with Gasteiger partial charge in [0.25, 0.3) is 10.0 Å². The van der Waals surface area contributed by atoms with Gasteiger partial charge in [0.1, 0.15) is 0 Å². The van der Waals surface area contributed by atoms with Crippen LogP contribution >= 0.6 is 11.3 Å². The van der Waals surface area contributed by atoms with Crippen molar-refractivity contribution in [3.8, 4) is 0 Å². The van der Waals surface area contributed by atoms with Gasteiger partial charge in [-0.3, -0.25) is 0 Å². The molecule has 0 saturated carbocycles. The Morgan fingerprint density at radius 1 is 0.892 bits per heavy atom. The molecule has 5 nitrogen and oxygen atoms in total. The highest BCUT2D eigenvalue weighted by molar-refractivity contribution is 7.89. The molecule has 0 spiro atoms. The molecular formula is C30H25N3O2S2. The van der Waals surface area contributed by atoms with Crippen molar-refractivity contribution < 1.29 is 8.42 Å². The first-order valence-corrected chi connectivity index (χ1v) is 14.3. The lowest BCUT2D eigenvalue weighted by atomic mass is 9.72. The van der Waals surface area contributed by atoms with Gasteiger partial charge in [-0.15, -0.1) is 16.4 Å². The summed E-state index contributed by atoms with van der Waals surface area (Å²) in [4.78, 5) is 1.37. The number of fused-ring (bicyclic) bond motifs is 1. The van der Waals surface area contributed by atoms with Crippen LogP contribution in [0.3, 0.4) is 0 Å². The van der Waals surface area contributed by atoms with Gasteiger partial charge in [0.05, 0.1) is 16.0 Å². The molecule has 1 atom stereocenters. The fourth-order valence-corrected chi connectivity index (χ4v) is 7.12. The van der Waals surface area contributed by atoms with E-state index in [9.17, 15) is 8.42 Å². The molecule has 5 aromatic rings. The molecule has 1 aliphatic rings. The van der Waals surface area contributed by atoms with Gasteiger partial charge < -0.3 is 5.32 Å². The topological polar surface area (TPSA) is 64.0 Å². The van der Waals surface area contributed by atoms with Gasteiger partial charge in [-0.05, 0) is 48.2 Å². The molecule has 1 N–H and O–H groups in total. The Bertz CT molecular complexity index is 1670. The molecule has 37 heavy (non-hydrogen) atoms. The minimum Gasteiger partial charge on any atom is -0.338 e. The SMILES string of the molecule is Cc1ccc(S(=O)(=O)n2nc(Nc3ccccc3)c3c2CC(c2ccccc2)(c2cccs2)C=C3)cc1. The number of thiophene rings is 1. The Balaban J connectivity index is 1.56. The highest BCUT2D eigenvalue weighted by atomic mass is 32.2. The van der Waals surface area contributed by atoms with Crippen LogP contribution < -0.4 is 5.32 Å². The number of nitrogens with one attached hydrogen (secondary N) is 1. The fourth-order valence-electron chi connectivity index (χ4n) is 4.87. The van der Waals surface area contributed by atoms with Crippen molar-refractivity contribution in [2.75, 3.05) is 5.32 Å². The molecule has 2 aromatic heterocycles. The van der Waals surface area contributed by atoms with Crippen LogP contribution in [0.15, 0.2) is 113 Å². The molecule has 184 valence electrons. The highest BCUT2D eigenvalue weighted by Crippen LogP contribution is 2.45. The maximum Gasteiger partial charge on any atom is 0.283 e. The number of rotatable bonds is 6. The standard InChI is InChI=1S/C30H25N3O2S2/c1-22-14-16-25(17-15-22)37(34,35)33-27-21-30(28-13-8-20-36-28,23-9-4-2-5-10-23)19-18-26(27)29(32-33)31-24-11-6-3-7-12-24/h2-20H,21H2,1H3,(H,31,32). The number of nitrogens with zero attached hydrogens (tertiary/aromatic N) is 2. The van der Waals surface area contributed by atoms with Crippen molar-refractivity contribution in [2.24, 2.45) is 0 Å². The Kier molecular flexibility index (Phi) is 5.82. The zero-order valence-electron chi connectivity index (χ0n) is 20.2. The van der Waals surface area contributed by atoms with Gasteiger partial charge >= 0.3 is 0 Å². The van der Waals surface area contributed by atoms with Gasteiger partial charge in [0.2, 0.25) is 0 Å². The predicted octanol–water partition coefficient (Wildman–Crippen LogP) is 6.79. The first kappa shape index (κ1) is 23.5. The first-order chi connectivity index (χ1) is 18.0. The Morgan fingerprint density at radius 2 is 1.59 bits per heavy atom. The maximum atomic E-state index is 14.0. The van der Waals surface area contributed by atoms with Crippen molar-refractivity contribution in [3.05, 3.63) is 136 Å². The van der Waals surface area contributed by atoms with E-state index in [1.54, 1.807) is 23.5 Å². The molecule has 0 saturated heterocycles. The number of anilines is 2.